The first-order valence-electron chi connectivity index (χ1n) is 5.86. The lowest BCUT2D eigenvalue weighted by Gasteiger charge is -2.24. The predicted molar refractivity (Wildman–Crippen MR) is 66.6 cm³/mol. The van der Waals surface area contributed by atoms with Crippen LogP contribution in [0.25, 0.3) is 0 Å². The molecule has 2 rings (SSSR count). The third-order valence-corrected chi connectivity index (χ3v) is 2.75. The molecular formula is C12H19N3O2. The van der Waals surface area contributed by atoms with Crippen molar-refractivity contribution >= 4 is 5.69 Å². The first kappa shape index (κ1) is 12.1. The van der Waals surface area contributed by atoms with E-state index >= 15 is 0 Å². The fraction of sp³-hybridized carbons (Fsp3) is 0.583. The molecule has 2 N–H and O–H groups in total. The van der Waals surface area contributed by atoms with Crippen LogP contribution < -0.4 is 15.4 Å². The van der Waals surface area contributed by atoms with E-state index in [2.05, 4.69) is 15.6 Å². The highest BCUT2D eigenvalue weighted by Gasteiger charge is 2.13. The van der Waals surface area contributed by atoms with Gasteiger partial charge in [0.25, 0.3) is 0 Å². The van der Waals surface area contributed by atoms with Crippen molar-refractivity contribution in [2.75, 3.05) is 38.7 Å². The van der Waals surface area contributed by atoms with Gasteiger partial charge in [-0.05, 0) is 13.0 Å². The summed E-state index contributed by atoms with van der Waals surface area (Å²) in [4.78, 5) is 4.20. The summed E-state index contributed by atoms with van der Waals surface area (Å²) in [7, 11) is 1.65. The topological polar surface area (TPSA) is 55.4 Å². The first-order valence-corrected chi connectivity index (χ1v) is 5.86. The lowest BCUT2D eigenvalue weighted by Crippen LogP contribution is -2.42. The van der Waals surface area contributed by atoms with Gasteiger partial charge in [-0.2, -0.15) is 0 Å². The zero-order chi connectivity index (χ0) is 12.1. The van der Waals surface area contributed by atoms with Crippen LogP contribution in [0.15, 0.2) is 12.3 Å². The largest absolute Gasteiger partial charge is 0.493 e. The van der Waals surface area contributed by atoms with Crippen molar-refractivity contribution in [2.45, 2.75) is 13.0 Å². The van der Waals surface area contributed by atoms with Crippen molar-refractivity contribution in [3.8, 4) is 5.75 Å². The Bertz CT molecular complexity index is 365. The van der Waals surface area contributed by atoms with Gasteiger partial charge in [-0.25, -0.2) is 0 Å². The van der Waals surface area contributed by atoms with E-state index in [0.29, 0.717) is 0 Å². The van der Waals surface area contributed by atoms with Crippen LogP contribution in [0.1, 0.15) is 5.69 Å². The van der Waals surface area contributed by atoms with Crippen LogP contribution in [0.2, 0.25) is 0 Å². The summed E-state index contributed by atoms with van der Waals surface area (Å²) in [6.45, 7) is 5.34. The summed E-state index contributed by atoms with van der Waals surface area (Å²) < 4.78 is 10.9. The van der Waals surface area contributed by atoms with Gasteiger partial charge in [0.1, 0.15) is 0 Å². The fourth-order valence-electron chi connectivity index (χ4n) is 1.82. The van der Waals surface area contributed by atoms with Crippen molar-refractivity contribution in [3.05, 3.63) is 18.0 Å². The molecule has 0 spiro atoms. The Hall–Kier alpha value is -1.33. The smallest absolute Gasteiger partial charge is 0.160 e. The Kier molecular flexibility index (Phi) is 4.17. The maximum Gasteiger partial charge on any atom is 0.160 e. The molecular weight excluding hydrogens is 218 g/mol. The molecule has 1 aromatic heterocycles. The Balaban J connectivity index is 1.95. The normalized spacial score (nSPS) is 20.0. The van der Waals surface area contributed by atoms with Crippen molar-refractivity contribution in [2.24, 2.45) is 0 Å². The van der Waals surface area contributed by atoms with Gasteiger partial charge >= 0.3 is 0 Å². The monoisotopic (exact) mass is 237 g/mol. The number of nitrogens with one attached hydrogen (secondary N) is 2. The van der Waals surface area contributed by atoms with Gasteiger partial charge in [-0.3, -0.25) is 4.98 Å². The Morgan fingerprint density at radius 2 is 2.53 bits per heavy atom. The molecule has 17 heavy (non-hydrogen) atoms. The minimum atomic E-state index is 0.210. The second-order valence-corrected chi connectivity index (χ2v) is 4.10. The summed E-state index contributed by atoms with van der Waals surface area (Å²) in [6.07, 6.45) is 1.94. The number of hydrogen-bond donors (Lipinski definition) is 2. The lowest BCUT2D eigenvalue weighted by atomic mass is 10.2. The number of aryl methyl sites for hydroxylation is 1. The van der Waals surface area contributed by atoms with Crippen LogP contribution in [0, 0.1) is 6.92 Å². The summed E-state index contributed by atoms with van der Waals surface area (Å²) in [5, 5.41) is 6.65. The molecule has 0 radical (unpaired) electrons. The molecule has 1 atom stereocenters. The van der Waals surface area contributed by atoms with Gasteiger partial charge in [-0.1, -0.05) is 0 Å². The molecule has 5 nitrogen and oxygen atoms in total. The number of anilines is 1. The van der Waals surface area contributed by atoms with Crippen LogP contribution in [0.5, 0.6) is 5.75 Å². The third kappa shape index (κ3) is 3.31. The third-order valence-electron chi connectivity index (χ3n) is 2.75. The second kappa shape index (κ2) is 5.84. The molecule has 1 aliphatic heterocycles. The molecule has 94 valence electrons. The van der Waals surface area contributed by atoms with E-state index in [4.69, 9.17) is 9.47 Å². The molecule has 1 fully saturated rings. The number of nitrogens with zero attached hydrogens (tertiary/aromatic N) is 1. The van der Waals surface area contributed by atoms with E-state index < -0.39 is 0 Å². The number of aromatic nitrogens is 1. The quantitative estimate of drug-likeness (QED) is 0.811. The number of rotatable bonds is 4. The van der Waals surface area contributed by atoms with Gasteiger partial charge in [0, 0.05) is 25.3 Å². The molecule has 1 saturated heterocycles. The lowest BCUT2D eigenvalue weighted by molar-refractivity contribution is 0.0372. The van der Waals surface area contributed by atoms with E-state index in [0.717, 1.165) is 43.4 Å². The number of hydrogen-bond acceptors (Lipinski definition) is 5. The molecule has 0 aliphatic carbocycles. The van der Waals surface area contributed by atoms with E-state index in [1.54, 1.807) is 13.3 Å². The van der Waals surface area contributed by atoms with Crippen LogP contribution in [-0.4, -0.2) is 44.4 Å². The first-order chi connectivity index (χ1) is 8.29. The Morgan fingerprint density at radius 1 is 1.65 bits per heavy atom. The maximum absolute atomic E-state index is 5.62. The molecule has 1 aromatic rings. The highest BCUT2D eigenvalue weighted by molar-refractivity contribution is 5.55. The molecule has 0 bridgehead atoms. The number of morpholine rings is 1. The summed E-state index contributed by atoms with van der Waals surface area (Å²) in [5.41, 5.74) is 1.94. The zero-order valence-corrected chi connectivity index (χ0v) is 10.3. The van der Waals surface area contributed by atoms with Gasteiger partial charge in [0.05, 0.1) is 31.7 Å². The van der Waals surface area contributed by atoms with Crippen molar-refractivity contribution in [1.29, 1.82) is 0 Å². The molecule has 1 unspecified atom stereocenters. The summed E-state index contributed by atoms with van der Waals surface area (Å²) >= 11 is 0. The van der Waals surface area contributed by atoms with Crippen LogP contribution in [-0.2, 0) is 4.74 Å². The molecule has 5 heteroatoms. The Labute approximate surface area is 102 Å². The fourth-order valence-corrected chi connectivity index (χ4v) is 1.82. The molecule has 1 aliphatic rings. The van der Waals surface area contributed by atoms with Crippen molar-refractivity contribution in [1.82, 2.24) is 10.3 Å². The van der Waals surface area contributed by atoms with Crippen molar-refractivity contribution < 1.29 is 9.47 Å². The predicted octanol–water partition coefficient (Wildman–Crippen LogP) is 0.799. The van der Waals surface area contributed by atoms with Gasteiger partial charge in [0.15, 0.2) is 5.75 Å². The number of pyridine rings is 1. The minimum Gasteiger partial charge on any atom is -0.493 e. The summed E-state index contributed by atoms with van der Waals surface area (Å²) in [6, 6.07) is 1.98. The highest BCUT2D eigenvalue weighted by Crippen LogP contribution is 2.23. The summed E-state index contributed by atoms with van der Waals surface area (Å²) in [5.74, 6) is 0.763. The zero-order valence-electron chi connectivity index (χ0n) is 10.3. The van der Waals surface area contributed by atoms with E-state index in [-0.39, 0.29) is 6.10 Å². The SMILES string of the molecule is COc1cnc(C)cc1NCC1CNCCO1. The van der Waals surface area contributed by atoms with E-state index in [1.807, 2.05) is 13.0 Å². The molecule has 2 heterocycles. The van der Waals surface area contributed by atoms with Gasteiger partial charge < -0.3 is 20.1 Å². The second-order valence-electron chi connectivity index (χ2n) is 4.10. The van der Waals surface area contributed by atoms with Crippen LogP contribution in [0.4, 0.5) is 5.69 Å². The number of methoxy groups -OCH3 is 1. The van der Waals surface area contributed by atoms with Crippen LogP contribution in [0.3, 0.4) is 0 Å². The molecule has 0 amide bonds. The minimum absolute atomic E-state index is 0.210. The number of ether oxygens (including phenoxy) is 2. The standard InChI is InChI=1S/C12H19N3O2/c1-9-5-11(12(16-2)8-14-9)15-7-10-6-13-3-4-17-10/h5,8,10,13H,3-4,6-7H2,1-2H3,(H,14,15). The van der Waals surface area contributed by atoms with Gasteiger partial charge in [-0.15, -0.1) is 0 Å². The van der Waals surface area contributed by atoms with E-state index in [1.165, 1.54) is 0 Å². The maximum atomic E-state index is 5.62. The van der Waals surface area contributed by atoms with Gasteiger partial charge in [0.2, 0.25) is 0 Å². The van der Waals surface area contributed by atoms with Crippen molar-refractivity contribution in [3.63, 3.8) is 0 Å². The average Bonchev–Trinajstić information content (AvgIpc) is 2.38. The Morgan fingerprint density at radius 3 is 3.24 bits per heavy atom. The molecule has 0 aromatic carbocycles. The van der Waals surface area contributed by atoms with Crippen LogP contribution >= 0.6 is 0 Å². The average molecular weight is 237 g/mol. The van der Waals surface area contributed by atoms with E-state index in [9.17, 15) is 0 Å². The highest BCUT2D eigenvalue weighted by atomic mass is 16.5. The molecule has 0 saturated carbocycles.